The van der Waals surface area contributed by atoms with Gasteiger partial charge >= 0.3 is 0 Å². The molecule has 0 radical (unpaired) electrons. The van der Waals surface area contributed by atoms with E-state index < -0.39 is 0 Å². The summed E-state index contributed by atoms with van der Waals surface area (Å²) in [5.74, 6) is 6.33. The Balaban J connectivity index is 1.52. The second-order valence-electron chi connectivity index (χ2n) is 13.2. The standard InChI is InChI=1S/C30H50O/c1-19(2)24(20(3)4)10-8-21(5)26-12-13-27-25-11-9-22-18-23(31)14-16-29(22,6)28(25)15-17-30(26,27)7/h8-10,19-21,23-28,31H,11-18H2,1-7H3/b10-8+/t21?,23-,25-,26+,27-,28-,29-,30+/m0/s1. The predicted molar refractivity (Wildman–Crippen MR) is 133 cm³/mol. The monoisotopic (exact) mass is 426 g/mol. The van der Waals surface area contributed by atoms with Crippen molar-refractivity contribution in [3.63, 3.8) is 0 Å². The van der Waals surface area contributed by atoms with Crippen LogP contribution in [0.25, 0.3) is 0 Å². The molecule has 8 atom stereocenters. The lowest BCUT2D eigenvalue weighted by Gasteiger charge is -2.58. The smallest absolute Gasteiger partial charge is 0.0577 e. The first-order valence-corrected chi connectivity index (χ1v) is 13.6. The maximum atomic E-state index is 10.3. The Hall–Kier alpha value is -0.560. The largest absolute Gasteiger partial charge is 0.393 e. The third kappa shape index (κ3) is 4.00. The number of aliphatic hydroxyl groups excluding tert-OH is 1. The van der Waals surface area contributed by atoms with Gasteiger partial charge in [-0.05, 0) is 110 Å². The second kappa shape index (κ2) is 8.66. The number of hydrogen-bond acceptors (Lipinski definition) is 1. The van der Waals surface area contributed by atoms with Crippen LogP contribution in [0.15, 0.2) is 23.8 Å². The lowest BCUT2D eigenvalue weighted by Crippen LogP contribution is -2.50. The van der Waals surface area contributed by atoms with Crippen LogP contribution in [-0.4, -0.2) is 11.2 Å². The number of hydrogen-bond donors (Lipinski definition) is 1. The van der Waals surface area contributed by atoms with Crippen LogP contribution in [0.1, 0.15) is 99.8 Å². The lowest BCUT2D eigenvalue weighted by atomic mass is 9.47. The average Bonchev–Trinajstić information content (AvgIpc) is 3.05. The van der Waals surface area contributed by atoms with E-state index in [1.54, 1.807) is 5.57 Å². The molecule has 0 aromatic carbocycles. The van der Waals surface area contributed by atoms with Gasteiger partial charge in [-0.15, -0.1) is 0 Å². The molecular formula is C30H50O. The fourth-order valence-electron chi connectivity index (χ4n) is 9.20. The second-order valence-corrected chi connectivity index (χ2v) is 13.2. The first-order valence-electron chi connectivity index (χ1n) is 13.6. The van der Waals surface area contributed by atoms with Crippen LogP contribution >= 0.6 is 0 Å². The molecule has 1 nitrogen and oxygen atoms in total. The van der Waals surface area contributed by atoms with Gasteiger partial charge in [-0.2, -0.15) is 0 Å². The number of rotatable bonds is 5. The normalized spacial score (nSPS) is 43.8. The molecule has 0 aliphatic heterocycles. The van der Waals surface area contributed by atoms with E-state index in [9.17, 15) is 5.11 Å². The SMILES string of the molecule is CC(C)C(/C=C/C(C)[C@H]1CC[C@H]2[C@@H]3CC=C4C[C@@H](O)CC[C@]4(C)[C@H]3CC[C@]12C)C(C)C. The number of fused-ring (bicyclic) bond motifs is 5. The van der Waals surface area contributed by atoms with Crippen LogP contribution in [0.5, 0.6) is 0 Å². The van der Waals surface area contributed by atoms with Crippen molar-refractivity contribution in [3.05, 3.63) is 23.8 Å². The summed E-state index contributed by atoms with van der Waals surface area (Å²) in [6.45, 7) is 17.3. The zero-order chi connectivity index (χ0) is 22.6. The molecule has 176 valence electrons. The summed E-state index contributed by atoms with van der Waals surface area (Å²) in [6, 6.07) is 0. The Bertz CT molecular complexity index is 693. The van der Waals surface area contributed by atoms with Gasteiger partial charge in [0.1, 0.15) is 0 Å². The summed E-state index contributed by atoms with van der Waals surface area (Å²) >= 11 is 0. The highest BCUT2D eigenvalue weighted by molar-refractivity contribution is 5.25. The van der Waals surface area contributed by atoms with E-state index in [1.807, 2.05) is 0 Å². The summed E-state index contributed by atoms with van der Waals surface area (Å²) < 4.78 is 0. The average molecular weight is 427 g/mol. The third-order valence-electron chi connectivity index (χ3n) is 11.0. The fraction of sp³-hybridized carbons (Fsp3) is 0.867. The molecule has 0 aromatic heterocycles. The van der Waals surface area contributed by atoms with Gasteiger partial charge in [-0.3, -0.25) is 0 Å². The highest BCUT2D eigenvalue weighted by Crippen LogP contribution is 2.67. The summed E-state index contributed by atoms with van der Waals surface area (Å²) in [5, 5.41) is 10.3. The van der Waals surface area contributed by atoms with Crippen molar-refractivity contribution in [1.82, 2.24) is 0 Å². The minimum atomic E-state index is -0.0891. The lowest BCUT2D eigenvalue weighted by molar-refractivity contribution is -0.0540. The molecular weight excluding hydrogens is 376 g/mol. The van der Waals surface area contributed by atoms with Crippen molar-refractivity contribution in [3.8, 4) is 0 Å². The van der Waals surface area contributed by atoms with Crippen LogP contribution in [0.3, 0.4) is 0 Å². The van der Waals surface area contributed by atoms with E-state index in [1.165, 1.54) is 38.5 Å². The van der Waals surface area contributed by atoms with Crippen molar-refractivity contribution in [2.45, 2.75) is 106 Å². The fourth-order valence-corrected chi connectivity index (χ4v) is 9.20. The molecule has 0 saturated heterocycles. The minimum Gasteiger partial charge on any atom is -0.393 e. The predicted octanol–water partition coefficient (Wildman–Crippen LogP) is 8.05. The van der Waals surface area contributed by atoms with Crippen molar-refractivity contribution >= 4 is 0 Å². The molecule has 0 spiro atoms. The summed E-state index contributed by atoms with van der Waals surface area (Å²) in [7, 11) is 0. The van der Waals surface area contributed by atoms with E-state index in [4.69, 9.17) is 0 Å². The van der Waals surface area contributed by atoms with E-state index in [2.05, 4.69) is 66.7 Å². The Morgan fingerprint density at radius 1 is 0.903 bits per heavy atom. The number of aliphatic hydroxyl groups is 1. The van der Waals surface area contributed by atoms with Crippen LogP contribution in [0, 0.1) is 58.2 Å². The van der Waals surface area contributed by atoms with Gasteiger partial charge < -0.3 is 5.11 Å². The van der Waals surface area contributed by atoms with Gasteiger partial charge in [0, 0.05) is 0 Å². The quantitative estimate of drug-likeness (QED) is 0.441. The molecule has 4 rings (SSSR count). The summed E-state index contributed by atoms with van der Waals surface area (Å²) in [6.07, 6.45) is 17.8. The van der Waals surface area contributed by atoms with Crippen molar-refractivity contribution in [1.29, 1.82) is 0 Å². The Labute approximate surface area is 193 Å². The Morgan fingerprint density at radius 3 is 2.29 bits per heavy atom. The maximum Gasteiger partial charge on any atom is 0.0577 e. The topological polar surface area (TPSA) is 20.2 Å². The first-order chi connectivity index (χ1) is 14.6. The summed E-state index contributed by atoms with van der Waals surface area (Å²) in [4.78, 5) is 0. The minimum absolute atomic E-state index is 0.0891. The van der Waals surface area contributed by atoms with Crippen LogP contribution < -0.4 is 0 Å². The maximum absolute atomic E-state index is 10.3. The molecule has 3 saturated carbocycles. The van der Waals surface area contributed by atoms with Gasteiger partial charge in [0.05, 0.1) is 6.10 Å². The molecule has 1 N–H and O–H groups in total. The van der Waals surface area contributed by atoms with Gasteiger partial charge in [-0.25, -0.2) is 0 Å². The zero-order valence-corrected chi connectivity index (χ0v) is 21.5. The molecule has 3 fully saturated rings. The molecule has 1 unspecified atom stereocenters. The molecule has 0 amide bonds. The van der Waals surface area contributed by atoms with Crippen molar-refractivity contribution in [2.75, 3.05) is 0 Å². The number of allylic oxidation sites excluding steroid dienone is 3. The van der Waals surface area contributed by atoms with Gasteiger partial charge in [0.15, 0.2) is 0 Å². The molecule has 4 aliphatic carbocycles. The van der Waals surface area contributed by atoms with Crippen molar-refractivity contribution < 1.29 is 5.11 Å². The van der Waals surface area contributed by atoms with Crippen LogP contribution in [-0.2, 0) is 0 Å². The van der Waals surface area contributed by atoms with Gasteiger partial charge in [0.2, 0.25) is 0 Å². The van der Waals surface area contributed by atoms with Crippen molar-refractivity contribution in [2.24, 2.45) is 58.2 Å². The molecule has 1 heteroatoms. The van der Waals surface area contributed by atoms with E-state index in [-0.39, 0.29) is 6.10 Å². The van der Waals surface area contributed by atoms with Crippen LogP contribution in [0.2, 0.25) is 0 Å². The third-order valence-corrected chi connectivity index (χ3v) is 11.0. The first kappa shape index (κ1) is 23.6. The Kier molecular flexibility index (Phi) is 6.59. The van der Waals surface area contributed by atoms with E-state index >= 15 is 0 Å². The zero-order valence-electron chi connectivity index (χ0n) is 21.5. The molecule has 0 bridgehead atoms. The Morgan fingerprint density at radius 2 is 1.61 bits per heavy atom. The van der Waals surface area contributed by atoms with E-state index in [0.717, 1.165) is 48.3 Å². The van der Waals surface area contributed by atoms with E-state index in [0.29, 0.717) is 22.7 Å². The molecule has 31 heavy (non-hydrogen) atoms. The highest BCUT2D eigenvalue weighted by Gasteiger charge is 2.58. The molecule has 0 heterocycles. The molecule has 0 aromatic rings. The molecule has 4 aliphatic rings. The highest BCUT2D eigenvalue weighted by atomic mass is 16.3. The van der Waals surface area contributed by atoms with Gasteiger partial charge in [-0.1, -0.05) is 72.3 Å². The summed E-state index contributed by atoms with van der Waals surface area (Å²) in [5.41, 5.74) is 2.50. The van der Waals surface area contributed by atoms with Crippen LogP contribution in [0.4, 0.5) is 0 Å². The van der Waals surface area contributed by atoms with Gasteiger partial charge in [0.25, 0.3) is 0 Å².